The number of nitrogens with one attached hydrogen (secondary N) is 2. The maximum atomic E-state index is 11.5. The van der Waals surface area contributed by atoms with Crippen LogP contribution >= 0.6 is 12.4 Å². The fourth-order valence-electron chi connectivity index (χ4n) is 1.12. The van der Waals surface area contributed by atoms with Gasteiger partial charge in [-0.3, -0.25) is 9.59 Å². The highest BCUT2D eigenvalue weighted by Crippen LogP contribution is 2.04. The highest BCUT2D eigenvalue weighted by atomic mass is 35.5. The first-order chi connectivity index (χ1) is 7.52. The zero-order chi connectivity index (χ0) is 12.6. The third-order valence-electron chi connectivity index (χ3n) is 2.56. The smallest absolute Gasteiger partial charge is 0.239 e. The molecule has 2 unspecified atom stereocenters. The van der Waals surface area contributed by atoms with Gasteiger partial charge in [-0.1, -0.05) is 27.2 Å². The van der Waals surface area contributed by atoms with E-state index in [1.54, 1.807) is 0 Å². The van der Waals surface area contributed by atoms with E-state index in [0.29, 0.717) is 6.54 Å². The van der Waals surface area contributed by atoms with E-state index in [9.17, 15) is 9.59 Å². The number of rotatable bonds is 7. The molecule has 0 aliphatic carbocycles. The van der Waals surface area contributed by atoms with Gasteiger partial charge in [-0.15, -0.1) is 12.4 Å². The number of nitrogens with two attached hydrogens (primary N) is 1. The summed E-state index contributed by atoms with van der Waals surface area (Å²) in [6, 6.07) is -0.538. The summed E-state index contributed by atoms with van der Waals surface area (Å²) in [7, 11) is 0. The SMILES string of the molecule is CCCNC(=O)CNC(=O)C(N)C(C)CC.Cl. The van der Waals surface area contributed by atoms with E-state index in [2.05, 4.69) is 10.6 Å². The highest BCUT2D eigenvalue weighted by Gasteiger charge is 2.19. The van der Waals surface area contributed by atoms with Gasteiger partial charge in [-0.25, -0.2) is 0 Å². The van der Waals surface area contributed by atoms with Crippen molar-refractivity contribution in [2.75, 3.05) is 13.1 Å². The summed E-state index contributed by atoms with van der Waals surface area (Å²) in [6.07, 6.45) is 1.72. The van der Waals surface area contributed by atoms with Gasteiger partial charge in [-0.2, -0.15) is 0 Å². The van der Waals surface area contributed by atoms with Gasteiger partial charge in [0, 0.05) is 6.54 Å². The summed E-state index contributed by atoms with van der Waals surface area (Å²) in [4.78, 5) is 22.7. The van der Waals surface area contributed by atoms with Crippen LogP contribution in [0.2, 0.25) is 0 Å². The molecule has 0 spiro atoms. The molecular formula is C11H24ClN3O2. The zero-order valence-electron chi connectivity index (χ0n) is 10.8. The Labute approximate surface area is 109 Å². The Kier molecular flexibility index (Phi) is 11.3. The molecule has 0 aromatic carbocycles. The number of carbonyl (C=O) groups is 2. The second kappa shape index (κ2) is 10.4. The molecule has 0 aromatic rings. The van der Waals surface area contributed by atoms with Crippen molar-refractivity contribution in [2.45, 2.75) is 39.7 Å². The monoisotopic (exact) mass is 265 g/mol. The van der Waals surface area contributed by atoms with E-state index in [0.717, 1.165) is 12.8 Å². The second-order valence-corrected chi connectivity index (χ2v) is 3.98. The molecule has 0 saturated heterocycles. The molecule has 6 heteroatoms. The van der Waals surface area contributed by atoms with Crippen molar-refractivity contribution in [3.05, 3.63) is 0 Å². The molecule has 4 N–H and O–H groups in total. The van der Waals surface area contributed by atoms with Crippen molar-refractivity contribution in [3.63, 3.8) is 0 Å². The molecule has 102 valence electrons. The average Bonchev–Trinajstić information content (AvgIpc) is 2.31. The largest absolute Gasteiger partial charge is 0.355 e. The van der Waals surface area contributed by atoms with Crippen LogP contribution in [0, 0.1) is 5.92 Å². The van der Waals surface area contributed by atoms with E-state index in [1.807, 2.05) is 20.8 Å². The minimum Gasteiger partial charge on any atom is -0.355 e. The third-order valence-corrected chi connectivity index (χ3v) is 2.56. The second-order valence-electron chi connectivity index (χ2n) is 3.98. The van der Waals surface area contributed by atoms with E-state index in [4.69, 9.17) is 5.73 Å². The molecule has 0 aromatic heterocycles. The quantitative estimate of drug-likeness (QED) is 0.624. The predicted octanol–water partition coefficient (Wildman–Crippen LogP) is 0.424. The lowest BCUT2D eigenvalue weighted by Crippen LogP contribution is -2.47. The maximum Gasteiger partial charge on any atom is 0.239 e. The fraction of sp³-hybridized carbons (Fsp3) is 0.818. The molecule has 5 nitrogen and oxygen atoms in total. The molecule has 0 radical (unpaired) electrons. The molecule has 2 amide bonds. The zero-order valence-corrected chi connectivity index (χ0v) is 11.6. The Balaban J connectivity index is 0. The van der Waals surface area contributed by atoms with Gasteiger partial charge in [0.25, 0.3) is 0 Å². The maximum absolute atomic E-state index is 11.5. The van der Waals surface area contributed by atoms with Crippen molar-refractivity contribution in [2.24, 2.45) is 11.7 Å². The van der Waals surface area contributed by atoms with Crippen LogP contribution in [-0.2, 0) is 9.59 Å². The standard InChI is InChI=1S/C11H23N3O2.ClH/c1-4-6-13-9(15)7-14-11(16)10(12)8(3)5-2;/h8,10H,4-7,12H2,1-3H3,(H,13,15)(H,14,16);1H. The van der Waals surface area contributed by atoms with Gasteiger partial charge < -0.3 is 16.4 Å². The normalized spacial score (nSPS) is 13.2. The first-order valence-corrected chi connectivity index (χ1v) is 5.82. The first-order valence-electron chi connectivity index (χ1n) is 5.82. The summed E-state index contributed by atoms with van der Waals surface area (Å²) in [5.74, 6) is -0.314. The van der Waals surface area contributed by atoms with Crippen LogP contribution in [0.1, 0.15) is 33.6 Å². The number of carbonyl (C=O) groups excluding carboxylic acids is 2. The van der Waals surface area contributed by atoms with Crippen molar-refractivity contribution in [1.82, 2.24) is 10.6 Å². The predicted molar refractivity (Wildman–Crippen MR) is 71.0 cm³/mol. The number of amides is 2. The van der Waals surface area contributed by atoms with Crippen LogP contribution in [0.5, 0.6) is 0 Å². The highest BCUT2D eigenvalue weighted by molar-refractivity contribution is 5.87. The Morgan fingerprint density at radius 1 is 1.24 bits per heavy atom. The molecule has 0 bridgehead atoms. The summed E-state index contributed by atoms with van der Waals surface area (Å²) in [5.41, 5.74) is 5.71. The molecule has 0 fully saturated rings. The Hall–Kier alpha value is -0.810. The summed E-state index contributed by atoms with van der Waals surface area (Å²) in [6.45, 7) is 6.50. The van der Waals surface area contributed by atoms with Gasteiger partial charge >= 0.3 is 0 Å². The van der Waals surface area contributed by atoms with Gasteiger partial charge in [0.2, 0.25) is 11.8 Å². The number of hydrogen-bond donors (Lipinski definition) is 3. The molecule has 0 saturated carbocycles. The van der Waals surface area contributed by atoms with E-state index in [1.165, 1.54) is 0 Å². The minimum absolute atomic E-state index is 0. The first kappa shape index (κ1) is 18.6. The molecule has 0 heterocycles. The Morgan fingerprint density at radius 3 is 2.29 bits per heavy atom. The van der Waals surface area contributed by atoms with Crippen LogP contribution < -0.4 is 16.4 Å². The van der Waals surface area contributed by atoms with E-state index < -0.39 is 6.04 Å². The van der Waals surface area contributed by atoms with Gasteiger partial charge in [0.15, 0.2) is 0 Å². The fourth-order valence-corrected chi connectivity index (χ4v) is 1.12. The Morgan fingerprint density at radius 2 is 1.82 bits per heavy atom. The van der Waals surface area contributed by atoms with Crippen molar-refractivity contribution >= 4 is 24.2 Å². The topological polar surface area (TPSA) is 84.2 Å². The van der Waals surface area contributed by atoms with Crippen molar-refractivity contribution < 1.29 is 9.59 Å². The molecule has 0 aliphatic rings. The summed E-state index contributed by atoms with van der Waals surface area (Å²) >= 11 is 0. The number of halogens is 1. The van der Waals surface area contributed by atoms with Gasteiger partial charge in [-0.05, 0) is 12.3 Å². The molecule has 0 aliphatic heterocycles. The van der Waals surface area contributed by atoms with Crippen molar-refractivity contribution in [3.8, 4) is 0 Å². The lowest BCUT2D eigenvalue weighted by molar-refractivity contribution is -0.127. The number of hydrogen-bond acceptors (Lipinski definition) is 3. The molecular weight excluding hydrogens is 242 g/mol. The Bertz CT molecular complexity index is 237. The molecule has 2 atom stereocenters. The minimum atomic E-state index is -0.538. The lowest BCUT2D eigenvalue weighted by atomic mass is 9.99. The molecule has 0 rings (SSSR count). The van der Waals surface area contributed by atoms with Crippen LogP contribution in [0.3, 0.4) is 0 Å². The van der Waals surface area contributed by atoms with E-state index >= 15 is 0 Å². The van der Waals surface area contributed by atoms with Gasteiger partial charge in [0.05, 0.1) is 12.6 Å². The molecule has 17 heavy (non-hydrogen) atoms. The third kappa shape index (κ3) is 7.99. The van der Waals surface area contributed by atoms with E-state index in [-0.39, 0.29) is 36.7 Å². The average molecular weight is 266 g/mol. The van der Waals surface area contributed by atoms with Crippen molar-refractivity contribution in [1.29, 1.82) is 0 Å². The summed E-state index contributed by atoms with van der Waals surface area (Å²) < 4.78 is 0. The lowest BCUT2D eigenvalue weighted by Gasteiger charge is -2.17. The van der Waals surface area contributed by atoms with Crippen LogP contribution in [-0.4, -0.2) is 30.9 Å². The van der Waals surface area contributed by atoms with Crippen LogP contribution in [0.25, 0.3) is 0 Å². The van der Waals surface area contributed by atoms with Crippen LogP contribution in [0.4, 0.5) is 0 Å². The van der Waals surface area contributed by atoms with Crippen LogP contribution in [0.15, 0.2) is 0 Å². The van der Waals surface area contributed by atoms with Gasteiger partial charge in [0.1, 0.15) is 0 Å². The summed E-state index contributed by atoms with van der Waals surface area (Å²) in [5, 5.41) is 5.21.